The lowest BCUT2D eigenvalue weighted by Crippen LogP contribution is -2.45. The van der Waals surface area contributed by atoms with Crippen LogP contribution in [0, 0.1) is 5.82 Å². The third-order valence-corrected chi connectivity index (χ3v) is 11.0. The second kappa shape index (κ2) is 16.0. The van der Waals surface area contributed by atoms with E-state index in [0.717, 1.165) is 87.7 Å². The highest BCUT2D eigenvalue weighted by molar-refractivity contribution is 5.92. The molecule has 53 heavy (non-hydrogen) atoms. The topological polar surface area (TPSA) is 110 Å². The lowest BCUT2D eigenvalue weighted by molar-refractivity contribution is 0.0917. The van der Waals surface area contributed by atoms with Crippen LogP contribution < -0.4 is 16.6 Å². The smallest absolute Gasteiger partial charge is 0.337 e. The van der Waals surface area contributed by atoms with Crippen LogP contribution in [0.3, 0.4) is 0 Å². The number of carbonyl (C=O) groups is 1. The first-order valence-corrected chi connectivity index (χ1v) is 19.0. The monoisotopic (exact) mass is 720 g/mol. The van der Waals surface area contributed by atoms with Gasteiger partial charge in [0.15, 0.2) is 5.65 Å². The zero-order chi connectivity index (χ0) is 37.1. The first kappa shape index (κ1) is 36.4. The molecule has 0 bridgehead atoms. The highest BCUT2D eigenvalue weighted by Crippen LogP contribution is 2.29. The summed E-state index contributed by atoms with van der Waals surface area (Å²) in [6.45, 7) is 10.2. The van der Waals surface area contributed by atoms with E-state index in [9.17, 15) is 18.8 Å². The van der Waals surface area contributed by atoms with E-state index in [-0.39, 0.29) is 23.0 Å². The molecule has 2 aromatic carbocycles. The van der Waals surface area contributed by atoms with Crippen LogP contribution in [0.1, 0.15) is 80.3 Å². The second-order valence-corrected chi connectivity index (χ2v) is 14.5. The molecule has 0 unspecified atom stereocenters. The van der Waals surface area contributed by atoms with E-state index in [2.05, 4.69) is 74.8 Å². The normalized spacial score (nSPS) is 17.4. The van der Waals surface area contributed by atoms with E-state index in [0.29, 0.717) is 37.1 Å². The number of benzene rings is 2. The van der Waals surface area contributed by atoms with Crippen LogP contribution in [0.4, 0.5) is 4.39 Å². The fraction of sp³-hybridized carbons (Fsp3) is 0.439. The number of aromatic nitrogens is 5. The number of hydrogen-bond acceptors (Lipinski definition) is 7. The zero-order valence-corrected chi connectivity index (χ0v) is 30.9. The molecule has 0 radical (unpaired) electrons. The maximum absolute atomic E-state index is 14.6. The quantitative estimate of drug-likeness (QED) is 0.180. The van der Waals surface area contributed by atoms with Gasteiger partial charge < -0.3 is 19.7 Å². The summed E-state index contributed by atoms with van der Waals surface area (Å²) in [5, 5.41) is 3.16. The Morgan fingerprint density at radius 3 is 2.47 bits per heavy atom. The minimum atomic E-state index is -0.647. The third kappa shape index (κ3) is 7.89. The molecule has 0 spiro atoms. The number of carbonyl (C=O) groups excluding carboxylic acids is 1. The summed E-state index contributed by atoms with van der Waals surface area (Å²) in [5.41, 5.74) is 3.11. The Morgan fingerprint density at radius 1 is 0.962 bits per heavy atom. The summed E-state index contributed by atoms with van der Waals surface area (Å²) in [6.07, 6.45) is 8.10. The summed E-state index contributed by atoms with van der Waals surface area (Å²) in [4.78, 5) is 54.9. The maximum atomic E-state index is 14.6. The van der Waals surface area contributed by atoms with Crippen molar-refractivity contribution in [1.29, 1.82) is 0 Å². The number of imidazole rings is 1. The SMILES string of the molecule is CCN(CC)CCN(C)Cc1ccc(-c2cccc(-n3c(=O)n(C4CCC(NC(=O)c5cn6c(n5)CCCC6)CC4)c(=O)c4cc(F)cnc43)c2)cc1. The van der Waals surface area contributed by atoms with E-state index in [1.54, 1.807) is 0 Å². The Balaban J connectivity index is 1.11. The summed E-state index contributed by atoms with van der Waals surface area (Å²) in [5.74, 6) is 0.105. The Labute approximate surface area is 309 Å². The number of nitrogens with one attached hydrogen (secondary N) is 1. The fourth-order valence-electron chi connectivity index (χ4n) is 7.87. The number of likely N-dealkylation sites (N-methyl/N-ethyl adjacent to an activating group) is 2. The summed E-state index contributed by atoms with van der Waals surface area (Å²) in [6, 6.07) is 16.6. The molecule has 12 heteroatoms. The van der Waals surface area contributed by atoms with Gasteiger partial charge in [-0.3, -0.25) is 14.2 Å². The Morgan fingerprint density at radius 2 is 1.74 bits per heavy atom. The van der Waals surface area contributed by atoms with Crippen LogP contribution >= 0.6 is 0 Å². The molecule has 3 aromatic heterocycles. The number of amides is 1. The molecule has 1 N–H and O–H groups in total. The Kier molecular flexibility index (Phi) is 11.0. The van der Waals surface area contributed by atoms with Crippen molar-refractivity contribution < 1.29 is 9.18 Å². The van der Waals surface area contributed by atoms with Gasteiger partial charge in [-0.2, -0.15) is 0 Å². The van der Waals surface area contributed by atoms with Gasteiger partial charge >= 0.3 is 5.69 Å². The van der Waals surface area contributed by atoms with Crippen LogP contribution in [0.15, 0.2) is 76.6 Å². The van der Waals surface area contributed by atoms with Gasteiger partial charge in [0.25, 0.3) is 11.5 Å². The van der Waals surface area contributed by atoms with Gasteiger partial charge in [-0.15, -0.1) is 0 Å². The molecule has 278 valence electrons. The van der Waals surface area contributed by atoms with E-state index in [1.807, 2.05) is 30.5 Å². The molecule has 5 aromatic rings. The molecule has 4 heterocycles. The molecule has 1 saturated carbocycles. The van der Waals surface area contributed by atoms with Crippen LogP contribution in [-0.2, 0) is 19.5 Å². The van der Waals surface area contributed by atoms with Gasteiger partial charge in [0.2, 0.25) is 0 Å². The van der Waals surface area contributed by atoms with Gasteiger partial charge in [0.1, 0.15) is 17.3 Å². The summed E-state index contributed by atoms with van der Waals surface area (Å²) < 4.78 is 19.3. The second-order valence-electron chi connectivity index (χ2n) is 14.5. The van der Waals surface area contributed by atoms with Crippen molar-refractivity contribution in [3.8, 4) is 16.8 Å². The lowest BCUT2D eigenvalue weighted by atomic mass is 9.90. The van der Waals surface area contributed by atoms with Crippen LogP contribution in [-0.4, -0.2) is 78.6 Å². The van der Waals surface area contributed by atoms with E-state index >= 15 is 0 Å². The van der Waals surface area contributed by atoms with Crippen molar-refractivity contribution in [1.82, 2.24) is 38.8 Å². The van der Waals surface area contributed by atoms with Gasteiger partial charge in [0.05, 0.1) is 17.3 Å². The molecule has 11 nitrogen and oxygen atoms in total. The van der Waals surface area contributed by atoms with E-state index in [1.165, 1.54) is 14.7 Å². The third-order valence-electron chi connectivity index (χ3n) is 11.0. The lowest BCUT2D eigenvalue weighted by Gasteiger charge is -2.30. The molecule has 0 atom stereocenters. The number of halogens is 1. The summed E-state index contributed by atoms with van der Waals surface area (Å²) in [7, 11) is 2.14. The molecule has 1 aliphatic carbocycles. The highest BCUT2D eigenvalue weighted by Gasteiger charge is 2.29. The molecular formula is C41H49FN8O3. The summed E-state index contributed by atoms with van der Waals surface area (Å²) >= 11 is 0. The number of pyridine rings is 1. The Hall–Kier alpha value is -4.94. The number of rotatable bonds is 12. The van der Waals surface area contributed by atoms with Crippen LogP contribution in [0.25, 0.3) is 27.8 Å². The van der Waals surface area contributed by atoms with Crippen molar-refractivity contribution in [2.75, 3.05) is 33.2 Å². The molecule has 1 aliphatic heterocycles. The largest absolute Gasteiger partial charge is 0.348 e. The van der Waals surface area contributed by atoms with Gasteiger partial charge in [-0.25, -0.2) is 23.7 Å². The van der Waals surface area contributed by atoms with Crippen LogP contribution in [0.5, 0.6) is 0 Å². The molecule has 1 amide bonds. The molecule has 2 aliphatic rings. The fourth-order valence-corrected chi connectivity index (χ4v) is 7.87. The maximum Gasteiger partial charge on any atom is 0.337 e. The standard InChI is InChI=1S/C41H49FN8O3/c1-4-47(5-2)22-21-46(3)26-28-12-14-29(15-13-28)30-9-8-10-34(23-30)49-38-35(24-31(42)25-43-38)40(52)50(41(49)53)33-18-16-32(17-19-33)44-39(51)36-27-48-20-7-6-11-37(48)45-36/h8-10,12-15,23-25,27,32-33H,4-7,11,16-22,26H2,1-3H3,(H,44,51). The van der Waals surface area contributed by atoms with Crippen LogP contribution in [0.2, 0.25) is 0 Å². The first-order chi connectivity index (χ1) is 25.7. The van der Waals surface area contributed by atoms with Gasteiger partial charge in [-0.05, 0) is 93.6 Å². The van der Waals surface area contributed by atoms with Crippen molar-refractivity contribution in [3.05, 3.63) is 111 Å². The minimum absolute atomic E-state index is 0.0450. The highest BCUT2D eigenvalue weighted by atomic mass is 19.1. The average molecular weight is 721 g/mol. The number of aryl methyl sites for hydroxylation is 2. The predicted octanol–water partition coefficient (Wildman–Crippen LogP) is 5.57. The molecular weight excluding hydrogens is 672 g/mol. The average Bonchev–Trinajstić information content (AvgIpc) is 3.62. The Bertz CT molecular complexity index is 2170. The van der Waals surface area contributed by atoms with Crippen molar-refractivity contribution in [2.24, 2.45) is 0 Å². The number of hydrogen-bond donors (Lipinski definition) is 1. The number of nitrogens with zero attached hydrogens (tertiary/aromatic N) is 7. The minimum Gasteiger partial charge on any atom is -0.348 e. The van der Waals surface area contributed by atoms with Gasteiger partial charge in [0, 0.05) is 50.9 Å². The number of fused-ring (bicyclic) bond motifs is 2. The van der Waals surface area contributed by atoms with Crippen molar-refractivity contribution in [3.63, 3.8) is 0 Å². The molecule has 1 fully saturated rings. The predicted molar refractivity (Wildman–Crippen MR) is 205 cm³/mol. The zero-order valence-electron chi connectivity index (χ0n) is 30.9. The van der Waals surface area contributed by atoms with E-state index in [4.69, 9.17) is 0 Å². The van der Waals surface area contributed by atoms with Crippen molar-refractivity contribution >= 4 is 16.9 Å². The molecule has 7 rings (SSSR count). The first-order valence-electron chi connectivity index (χ1n) is 19.0. The van der Waals surface area contributed by atoms with Crippen molar-refractivity contribution in [2.45, 2.75) is 84.0 Å². The molecule has 0 saturated heterocycles. The van der Waals surface area contributed by atoms with Gasteiger partial charge in [-0.1, -0.05) is 50.2 Å². The van der Waals surface area contributed by atoms with E-state index < -0.39 is 23.1 Å².